The van der Waals surface area contributed by atoms with E-state index in [9.17, 15) is 8.76 Å². The van der Waals surface area contributed by atoms with E-state index in [0.717, 1.165) is 12.8 Å². The smallest absolute Gasteiger partial charge is 0.198 e. The van der Waals surface area contributed by atoms with Crippen LogP contribution >= 0.6 is 0 Å². The van der Waals surface area contributed by atoms with Gasteiger partial charge in [0, 0.05) is 0 Å². The van der Waals surface area contributed by atoms with Crippen LogP contribution in [0, 0.1) is 0 Å². The van der Waals surface area contributed by atoms with E-state index < -0.39 is 17.7 Å². The van der Waals surface area contributed by atoms with Crippen LogP contribution in [0.3, 0.4) is 0 Å². The van der Waals surface area contributed by atoms with Gasteiger partial charge in [-0.05, 0) is 12.8 Å². The summed E-state index contributed by atoms with van der Waals surface area (Å²) in [4.78, 5) is 0. The van der Waals surface area contributed by atoms with E-state index in [0.29, 0.717) is 0 Å². The summed E-state index contributed by atoms with van der Waals surface area (Å²) >= 11 is -2.54. The van der Waals surface area contributed by atoms with Gasteiger partial charge in [-0.1, -0.05) is 64.7 Å². The molecule has 1 aliphatic rings. The van der Waals surface area contributed by atoms with Gasteiger partial charge in [-0.3, -0.25) is 4.18 Å². The minimum Gasteiger partial charge on any atom is -0.750 e. The summed E-state index contributed by atoms with van der Waals surface area (Å²) in [6, 6.07) is 0. The van der Waals surface area contributed by atoms with Crippen LogP contribution in [0.5, 0.6) is 0 Å². The summed E-state index contributed by atoms with van der Waals surface area (Å²) in [5, 5.41) is 0. The maximum Gasteiger partial charge on any atom is 0.198 e. The number of hydrogen-bond donors (Lipinski definition) is 0. The molecule has 1 saturated heterocycles. The lowest BCUT2D eigenvalue weighted by Crippen LogP contribution is -2.17. The van der Waals surface area contributed by atoms with Crippen molar-refractivity contribution in [1.29, 1.82) is 0 Å². The molecule has 0 saturated carbocycles. The van der Waals surface area contributed by atoms with Crippen LogP contribution in [0.15, 0.2) is 0 Å². The van der Waals surface area contributed by atoms with Crippen LogP contribution in [-0.4, -0.2) is 27.9 Å². The molecule has 1 heterocycles. The van der Waals surface area contributed by atoms with Crippen molar-refractivity contribution in [3.63, 3.8) is 0 Å². The lowest BCUT2D eigenvalue weighted by atomic mass is 10.1. The fraction of sp³-hybridized carbons (Fsp3) is 1.00. The molecule has 0 N–H and O–H groups in total. The summed E-state index contributed by atoms with van der Waals surface area (Å²) < 4.78 is 35.9. The summed E-state index contributed by atoms with van der Waals surface area (Å²) in [7, 11) is 0. The standard InChI is InChI=1S/C15H30O5S/c1-2-3-4-5-6-7-8-9-10-11-12-14-18-13-15(19-14)20-21(16)17/h14-15H,2-13H2,1H3,(H,16,17)/p-1. The second-order valence-corrected chi connectivity index (χ2v) is 6.20. The zero-order valence-electron chi connectivity index (χ0n) is 13.1. The van der Waals surface area contributed by atoms with Crippen molar-refractivity contribution in [2.45, 2.75) is 90.1 Å². The van der Waals surface area contributed by atoms with Gasteiger partial charge in [0.25, 0.3) is 0 Å². The van der Waals surface area contributed by atoms with Gasteiger partial charge in [-0.2, -0.15) is 0 Å². The minimum atomic E-state index is -2.54. The minimum absolute atomic E-state index is 0.191. The first-order chi connectivity index (χ1) is 10.2. The highest BCUT2D eigenvalue weighted by Crippen LogP contribution is 2.19. The molecule has 3 unspecified atom stereocenters. The van der Waals surface area contributed by atoms with Crippen LogP contribution in [0.1, 0.15) is 77.6 Å². The molecule has 21 heavy (non-hydrogen) atoms. The number of ether oxygens (including phenoxy) is 2. The van der Waals surface area contributed by atoms with Crippen molar-refractivity contribution in [3.05, 3.63) is 0 Å². The van der Waals surface area contributed by atoms with E-state index >= 15 is 0 Å². The summed E-state index contributed by atoms with van der Waals surface area (Å²) in [6.45, 7) is 2.43. The zero-order valence-corrected chi connectivity index (χ0v) is 13.9. The first-order valence-electron chi connectivity index (χ1n) is 8.26. The Morgan fingerprint density at radius 3 is 2.19 bits per heavy atom. The second kappa shape index (κ2) is 12.5. The average Bonchev–Trinajstić information content (AvgIpc) is 2.87. The Balaban J connectivity index is 1.83. The number of hydrogen-bond acceptors (Lipinski definition) is 5. The second-order valence-electron chi connectivity index (χ2n) is 5.60. The quantitative estimate of drug-likeness (QED) is 0.381. The van der Waals surface area contributed by atoms with E-state index in [1.54, 1.807) is 0 Å². The molecule has 0 radical (unpaired) electrons. The van der Waals surface area contributed by atoms with Gasteiger partial charge in [-0.25, -0.2) is 4.21 Å². The Bertz CT molecular complexity index is 275. The molecule has 1 fully saturated rings. The molecule has 6 heteroatoms. The van der Waals surface area contributed by atoms with Crippen molar-refractivity contribution >= 4 is 11.4 Å². The lowest BCUT2D eigenvalue weighted by molar-refractivity contribution is -0.105. The fourth-order valence-corrected chi connectivity index (χ4v) is 2.80. The van der Waals surface area contributed by atoms with E-state index in [2.05, 4.69) is 11.1 Å². The molecule has 0 aromatic rings. The molecule has 126 valence electrons. The molecule has 0 aromatic heterocycles. The normalized spacial score (nSPS) is 23.5. The maximum atomic E-state index is 10.3. The van der Waals surface area contributed by atoms with Crippen molar-refractivity contribution in [1.82, 2.24) is 0 Å². The molecule has 1 rings (SSSR count). The van der Waals surface area contributed by atoms with Gasteiger partial charge < -0.3 is 14.0 Å². The van der Waals surface area contributed by atoms with Gasteiger partial charge in [0.05, 0.1) is 11.4 Å². The van der Waals surface area contributed by atoms with Gasteiger partial charge >= 0.3 is 0 Å². The first kappa shape index (κ1) is 19.0. The van der Waals surface area contributed by atoms with Crippen LogP contribution in [-0.2, 0) is 25.0 Å². The Kier molecular flexibility index (Phi) is 11.4. The molecular formula is C15H29O5S-. The predicted molar refractivity (Wildman–Crippen MR) is 81.1 cm³/mol. The van der Waals surface area contributed by atoms with E-state index in [1.807, 2.05) is 0 Å². The van der Waals surface area contributed by atoms with Crippen LogP contribution in [0.4, 0.5) is 0 Å². The zero-order chi connectivity index (χ0) is 15.3. The highest BCUT2D eigenvalue weighted by Gasteiger charge is 2.26. The molecule has 0 bridgehead atoms. The van der Waals surface area contributed by atoms with E-state index in [4.69, 9.17) is 9.47 Å². The molecule has 0 aliphatic carbocycles. The topological polar surface area (TPSA) is 67.8 Å². The summed E-state index contributed by atoms with van der Waals surface area (Å²) in [5.74, 6) is 0. The van der Waals surface area contributed by atoms with Gasteiger partial charge in [0.1, 0.15) is 6.61 Å². The summed E-state index contributed by atoms with van der Waals surface area (Å²) in [6.07, 6.45) is 12.6. The van der Waals surface area contributed by atoms with Crippen molar-refractivity contribution in [3.8, 4) is 0 Å². The van der Waals surface area contributed by atoms with Gasteiger partial charge in [-0.15, -0.1) is 0 Å². The highest BCUT2D eigenvalue weighted by molar-refractivity contribution is 7.74. The predicted octanol–water partition coefficient (Wildman–Crippen LogP) is 3.81. The largest absolute Gasteiger partial charge is 0.750 e. The Morgan fingerprint density at radius 2 is 1.62 bits per heavy atom. The van der Waals surface area contributed by atoms with Crippen molar-refractivity contribution < 1.29 is 22.4 Å². The van der Waals surface area contributed by atoms with E-state index in [-0.39, 0.29) is 12.9 Å². The third kappa shape index (κ3) is 10.4. The number of unbranched alkanes of at least 4 members (excludes halogenated alkanes) is 9. The average molecular weight is 321 g/mol. The monoisotopic (exact) mass is 321 g/mol. The van der Waals surface area contributed by atoms with Crippen LogP contribution < -0.4 is 0 Å². The molecular weight excluding hydrogens is 292 g/mol. The molecule has 0 aromatic carbocycles. The van der Waals surface area contributed by atoms with Gasteiger partial charge in [0.15, 0.2) is 12.6 Å². The Labute approximate surface area is 131 Å². The van der Waals surface area contributed by atoms with Crippen molar-refractivity contribution in [2.24, 2.45) is 0 Å². The molecule has 1 aliphatic heterocycles. The first-order valence-corrected chi connectivity index (χ1v) is 9.26. The third-order valence-corrected chi connectivity index (χ3v) is 4.07. The number of rotatable bonds is 13. The van der Waals surface area contributed by atoms with Crippen molar-refractivity contribution in [2.75, 3.05) is 6.61 Å². The summed E-state index contributed by atoms with van der Waals surface area (Å²) in [5.41, 5.74) is 0. The lowest BCUT2D eigenvalue weighted by Gasteiger charge is -2.12. The van der Waals surface area contributed by atoms with Crippen LogP contribution in [0.2, 0.25) is 0 Å². The van der Waals surface area contributed by atoms with Crippen LogP contribution in [0.25, 0.3) is 0 Å². The maximum absolute atomic E-state index is 10.3. The van der Waals surface area contributed by atoms with E-state index in [1.165, 1.54) is 57.8 Å². The Morgan fingerprint density at radius 1 is 1.05 bits per heavy atom. The van der Waals surface area contributed by atoms with Gasteiger partial charge in [0.2, 0.25) is 0 Å². The SMILES string of the molecule is CCCCCCCCCCCCC1OCC(OS(=O)[O-])O1. The molecule has 3 atom stereocenters. The Hall–Kier alpha value is -0.0100. The molecule has 5 nitrogen and oxygen atoms in total. The molecule has 0 spiro atoms. The third-order valence-electron chi connectivity index (χ3n) is 3.70. The molecule has 0 amide bonds. The highest BCUT2D eigenvalue weighted by atomic mass is 32.2. The fourth-order valence-electron chi connectivity index (χ4n) is 2.52.